The first-order valence-corrected chi connectivity index (χ1v) is 36.7. The number of hydrogen-bond donors (Lipinski definition) is 3. The Morgan fingerprint density at radius 3 is 0.951 bits per heavy atom. The van der Waals surface area contributed by atoms with Crippen LogP contribution >= 0.6 is 0 Å². The number of ether oxygens (including phenoxy) is 1. The molecule has 0 aliphatic heterocycles. The number of carbonyl (C=O) groups excluding carboxylic acids is 2. The van der Waals surface area contributed by atoms with E-state index >= 15 is 0 Å². The molecule has 0 fully saturated rings. The van der Waals surface area contributed by atoms with Crippen molar-refractivity contribution in [2.24, 2.45) is 0 Å². The first kappa shape index (κ1) is 79.1. The van der Waals surface area contributed by atoms with E-state index in [9.17, 15) is 19.8 Å². The van der Waals surface area contributed by atoms with Gasteiger partial charge in [-0.2, -0.15) is 0 Å². The normalized spacial score (nSPS) is 12.7. The molecule has 0 aromatic carbocycles. The zero-order valence-corrected chi connectivity index (χ0v) is 54.8. The summed E-state index contributed by atoms with van der Waals surface area (Å²) in [6.07, 6.45) is 90.9. The Labute approximate surface area is 506 Å². The fourth-order valence-corrected chi connectivity index (χ4v) is 11.6. The standard InChI is InChI=1S/C75H143NO5/c1-3-5-7-9-11-13-15-16-45-49-53-57-61-65-69-75(80)81-70-66-62-58-54-50-46-43-41-39-37-35-33-31-29-27-25-23-21-19-17-18-20-22-24-26-28-30-32-34-36-38-40-42-44-48-52-56-60-64-68-74(79)76-72(71-77)73(78)67-63-59-55-51-47-14-12-10-8-6-4-2/h15-18,21,23,72-73,77-78H,3-14,19-20,22,24-71H2,1-2H3,(H,76,79)/b16-15-,18-17-,23-21-. The van der Waals surface area contributed by atoms with Crippen molar-refractivity contribution >= 4 is 11.9 Å². The van der Waals surface area contributed by atoms with Crippen molar-refractivity contribution in [3.05, 3.63) is 36.5 Å². The molecule has 6 nitrogen and oxygen atoms in total. The van der Waals surface area contributed by atoms with Crippen LogP contribution in [-0.4, -0.2) is 47.4 Å². The van der Waals surface area contributed by atoms with Gasteiger partial charge in [0.1, 0.15) is 0 Å². The quantitative estimate of drug-likeness (QED) is 0.0320. The van der Waals surface area contributed by atoms with Crippen LogP contribution in [0.1, 0.15) is 406 Å². The van der Waals surface area contributed by atoms with Gasteiger partial charge < -0.3 is 20.3 Å². The summed E-state index contributed by atoms with van der Waals surface area (Å²) in [5.41, 5.74) is 0. The second kappa shape index (κ2) is 70.6. The summed E-state index contributed by atoms with van der Waals surface area (Å²) in [6.45, 7) is 4.96. The smallest absolute Gasteiger partial charge is 0.305 e. The summed E-state index contributed by atoms with van der Waals surface area (Å²) in [5, 5.41) is 23.2. The fourth-order valence-electron chi connectivity index (χ4n) is 11.6. The molecular weight excluding hydrogens is 995 g/mol. The number of unbranched alkanes of at least 4 members (excludes halogenated alkanes) is 52. The van der Waals surface area contributed by atoms with Crippen LogP contribution < -0.4 is 5.32 Å². The third-order valence-electron chi connectivity index (χ3n) is 17.2. The van der Waals surface area contributed by atoms with Gasteiger partial charge in [-0.1, -0.05) is 346 Å². The zero-order chi connectivity index (χ0) is 58.5. The van der Waals surface area contributed by atoms with Crippen LogP contribution in [0.25, 0.3) is 0 Å². The first-order valence-electron chi connectivity index (χ1n) is 36.7. The van der Waals surface area contributed by atoms with Crippen LogP contribution in [0.2, 0.25) is 0 Å². The Morgan fingerprint density at radius 1 is 0.346 bits per heavy atom. The van der Waals surface area contributed by atoms with Crippen molar-refractivity contribution in [1.82, 2.24) is 5.32 Å². The molecule has 478 valence electrons. The number of hydrogen-bond acceptors (Lipinski definition) is 5. The molecule has 0 saturated carbocycles. The lowest BCUT2D eigenvalue weighted by Crippen LogP contribution is -2.45. The van der Waals surface area contributed by atoms with Gasteiger partial charge in [-0.3, -0.25) is 9.59 Å². The molecule has 0 rings (SSSR count). The fraction of sp³-hybridized carbons (Fsp3) is 0.893. The Hall–Kier alpha value is -1.92. The topological polar surface area (TPSA) is 95.9 Å². The Kier molecular flexibility index (Phi) is 68.9. The molecule has 6 heteroatoms. The third kappa shape index (κ3) is 67.1. The monoisotopic (exact) mass is 1140 g/mol. The number of nitrogens with one attached hydrogen (secondary N) is 1. The van der Waals surface area contributed by atoms with Crippen LogP contribution in [0.3, 0.4) is 0 Å². The van der Waals surface area contributed by atoms with Crippen molar-refractivity contribution in [3.63, 3.8) is 0 Å². The lowest BCUT2D eigenvalue weighted by atomic mass is 10.0. The van der Waals surface area contributed by atoms with Gasteiger partial charge in [0.05, 0.1) is 25.4 Å². The molecule has 0 aliphatic carbocycles. The number of carbonyl (C=O) groups is 2. The summed E-state index contributed by atoms with van der Waals surface area (Å²) in [7, 11) is 0. The maximum atomic E-state index is 12.5. The predicted molar refractivity (Wildman–Crippen MR) is 356 cm³/mol. The van der Waals surface area contributed by atoms with E-state index in [0.717, 1.165) is 51.4 Å². The van der Waals surface area contributed by atoms with Gasteiger partial charge in [-0.15, -0.1) is 0 Å². The van der Waals surface area contributed by atoms with Gasteiger partial charge in [0.15, 0.2) is 0 Å². The second-order valence-corrected chi connectivity index (χ2v) is 25.3. The van der Waals surface area contributed by atoms with Crippen LogP contribution in [0.15, 0.2) is 36.5 Å². The highest BCUT2D eigenvalue weighted by Crippen LogP contribution is 2.19. The number of allylic oxidation sites excluding steroid dienone is 6. The van der Waals surface area contributed by atoms with Crippen molar-refractivity contribution < 1.29 is 24.5 Å². The van der Waals surface area contributed by atoms with Crippen LogP contribution in [0.5, 0.6) is 0 Å². The van der Waals surface area contributed by atoms with E-state index in [0.29, 0.717) is 25.9 Å². The van der Waals surface area contributed by atoms with Crippen LogP contribution in [-0.2, 0) is 14.3 Å². The number of aliphatic hydroxyl groups is 2. The van der Waals surface area contributed by atoms with Gasteiger partial charge in [0.25, 0.3) is 0 Å². The molecule has 0 bridgehead atoms. The summed E-state index contributed by atoms with van der Waals surface area (Å²) in [5.74, 6) is -0.0191. The van der Waals surface area contributed by atoms with Crippen molar-refractivity contribution in [1.29, 1.82) is 0 Å². The minimum atomic E-state index is -0.660. The van der Waals surface area contributed by atoms with Gasteiger partial charge in [-0.05, 0) is 83.5 Å². The van der Waals surface area contributed by atoms with E-state index in [-0.39, 0.29) is 18.5 Å². The molecule has 0 aromatic heterocycles. The van der Waals surface area contributed by atoms with E-state index in [2.05, 4.69) is 55.6 Å². The minimum absolute atomic E-state index is 0.0121. The zero-order valence-electron chi connectivity index (χ0n) is 54.8. The molecule has 81 heavy (non-hydrogen) atoms. The maximum absolute atomic E-state index is 12.5. The highest BCUT2D eigenvalue weighted by molar-refractivity contribution is 5.76. The van der Waals surface area contributed by atoms with E-state index in [4.69, 9.17) is 4.74 Å². The summed E-state index contributed by atoms with van der Waals surface area (Å²) < 4.78 is 5.49. The van der Waals surface area contributed by atoms with Crippen molar-refractivity contribution in [3.8, 4) is 0 Å². The molecule has 2 unspecified atom stereocenters. The van der Waals surface area contributed by atoms with E-state index in [1.165, 1.54) is 321 Å². The molecule has 1 amide bonds. The summed E-state index contributed by atoms with van der Waals surface area (Å²) in [4.78, 5) is 24.5. The van der Waals surface area contributed by atoms with E-state index in [1.54, 1.807) is 0 Å². The highest BCUT2D eigenvalue weighted by atomic mass is 16.5. The lowest BCUT2D eigenvalue weighted by Gasteiger charge is -2.22. The van der Waals surface area contributed by atoms with Crippen molar-refractivity contribution in [2.45, 2.75) is 418 Å². The van der Waals surface area contributed by atoms with Gasteiger partial charge in [-0.25, -0.2) is 0 Å². The molecular formula is C75H143NO5. The molecule has 0 aromatic rings. The molecule has 0 spiro atoms. The number of aliphatic hydroxyl groups excluding tert-OH is 2. The van der Waals surface area contributed by atoms with Crippen LogP contribution in [0.4, 0.5) is 0 Å². The van der Waals surface area contributed by atoms with E-state index in [1.807, 2.05) is 0 Å². The van der Waals surface area contributed by atoms with E-state index < -0.39 is 12.1 Å². The van der Waals surface area contributed by atoms with Crippen molar-refractivity contribution in [2.75, 3.05) is 13.2 Å². The van der Waals surface area contributed by atoms with Gasteiger partial charge >= 0.3 is 5.97 Å². The minimum Gasteiger partial charge on any atom is -0.466 e. The highest BCUT2D eigenvalue weighted by Gasteiger charge is 2.20. The molecule has 3 N–H and O–H groups in total. The Balaban J connectivity index is 3.33. The lowest BCUT2D eigenvalue weighted by molar-refractivity contribution is -0.143. The SMILES string of the molecule is CCCCCCC/C=C\CCCCCCCC(=O)OCCCCCCCCCCCCCCCCC/C=C\C/C=C\CCCCCCCCCCCCCCCCCCCC(=O)NC(CO)C(O)CCCCCCCCCCCCC. The van der Waals surface area contributed by atoms with Gasteiger partial charge in [0.2, 0.25) is 5.91 Å². The second-order valence-electron chi connectivity index (χ2n) is 25.3. The Bertz CT molecular complexity index is 1310. The number of esters is 1. The molecule has 0 aliphatic rings. The molecule has 2 atom stereocenters. The van der Waals surface area contributed by atoms with Gasteiger partial charge in [0, 0.05) is 12.8 Å². The average Bonchev–Trinajstić information content (AvgIpc) is 3.47. The number of amides is 1. The number of rotatable bonds is 69. The molecule has 0 heterocycles. The Morgan fingerprint density at radius 2 is 0.617 bits per heavy atom. The third-order valence-corrected chi connectivity index (χ3v) is 17.2. The predicted octanol–water partition coefficient (Wildman–Crippen LogP) is 23.9. The largest absolute Gasteiger partial charge is 0.466 e. The molecule has 0 saturated heterocycles. The first-order chi connectivity index (χ1) is 40.0. The summed E-state index contributed by atoms with van der Waals surface area (Å²) in [6, 6.07) is -0.538. The van der Waals surface area contributed by atoms with Crippen LogP contribution in [0, 0.1) is 0 Å². The average molecular weight is 1140 g/mol. The molecule has 0 radical (unpaired) electrons. The summed E-state index contributed by atoms with van der Waals surface area (Å²) >= 11 is 0. The maximum Gasteiger partial charge on any atom is 0.305 e.